The van der Waals surface area contributed by atoms with Crippen LogP contribution in [0.1, 0.15) is 26.7 Å². The van der Waals surface area contributed by atoms with Gasteiger partial charge in [0.25, 0.3) is 0 Å². The zero-order valence-electron chi connectivity index (χ0n) is 11.3. The van der Waals surface area contributed by atoms with Gasteiger partial charge in [0.05, 0.1) is 0 Å². The Morgan fingerprint density at radius 3 is 2.53 bits per heavy atom. The van der Waals surface area contributed by atoms with E-state index in [2.05, 4.69) is 0 Å². The van der Waals surface area contributed by atoms with Gasteiger partial charge in [-0.2, -0.15) is 0 Å². The fourth-order valence-corrected chi connectivity index (χ4v) is 2.24. The standard InChI is InChI=1S/C12H21N3O4/c1-8(2)15(7-10(13)16)12(19)14-4-3-9(6-14)5-11(17)18/h8-9H,3-7H2,1-2H3,(H2,13,16)(H,17,18). The minimum atomic E-state index is -0.850. The Labute approximate surface area is 112 Å². The fourth-order valence-electron chi connectivity index (χ4n) is 2.24. The van der Waals surface area contributed by atoms with Crippen LogP contribution in [0.2, 0.25) is 0 Å². The molecule has 1 saturated heterocycles. The molecule has 1 aliphatic heterocycles. The molecule has 1 aliphatic rings. The van der Waals surface area contributed by atoms with E-state index in [1.807, 2.05) is 13.8 Å². The van der Waals surface area contributed by atoms with E-state index < -0.39 is 11.9 Å². The highest BCUT2D eigenvalue weighted by molar-refractivity contribution is 5.83. The summed E-state index contributed by atoms with van der Waals surface area (Å²) in [5.41, 5.74) is 5.13. The molecule has 0 radical (unpaired) electrons. The molecule has 1 rings (SSSR count). The van der Waals surface area contributed by atoms with Crippen LogP contribution in [0, 0.1) is 5.92 Å². The molecule has 19 heavy (non-hydrogen) atoms. The first-order valence-corrected chi connectivity index (χ1v) is 6.37. The molecule has 0 aliphatic carbocycles. The number of aliphatic carboxylic acids is 1. The Morgan fingerprint density at radius 1 is 1.42 bits per heavy atom. The number of hydrogen-bond acceptors (Lipinski definition) is 3. The lowest BCUT2D eigenvalue weighted by Crippen LogP contribution is -2.49. The van der Waals surface area contributed by atoms with Crippen molar-refractivity contribution in [3.8, 4) is 0 Å². The number of urea groups is 1. The molecule has 1 heterocycles. The van der Waals surface area contributed by atoms with Crippen LogP contribution in [0.4, 0.5) is 4.79 Å². The summed E-state index contributed by atoms with van der Waals surface area (Å²) < 4.78 is 0. The molecule has 7 nitrogen and oxygen atoms in total. The van der Waals surface area contributed by atoms with Crippen molar-refractivity contribution in [2.75, 3.05) is 19.6 Å². The molecule has 0 aromatic heterocycles. The van der Waals surface area contributed by atoms with E-state index >= 15 is 0 Å². The Kier molecular flexibility index (Phi) is 5.14. The number of rotatable bonds is 5. The van der Waals surface area contributed by atoms with Crippen molar-refractivity contribution in [2.24, 2.45) is 11.7 Å². The van der Waals surface area contributed by atoms with Crippen molar-refractivity contribution in [1.82, 2.24) is 9.80 Å². The van der Waals surface area contributed by atoms with E-state index in [1.54, 1.807) is 4.90 Å². The normalized spacial score (nSPS) is 18.7. The summed E-state index contributed by atoms with van der Waals surface area (Å²) in [6.45, 7) is 4.46. The van der Waals surface area contributed by atoms with Crippen LogP contribution >= 0.6 is 0 Å². The van der Waals surface area contributed by atoms with E-state index in [0.717, 1.165) is 0 Å². The number of hydrogen-bond donors (Lipinski definition) is 2. The van der Waals surface area contributed by atoms with Gasteiger partial charge in [0.1, 0.15) is 6.54 Å². The van der Waals surface area contributed by atoms with E-state index in [-0.39, 0.29) is 31.0 Å². The minimum Gasteiger partial charge on any atom is -0.481 e. The second-order valence-corrected chi connectivity index (χ2v) is 5.17. The van der Waals surface area contributed by atoms with Crippen LogP contribution in [0.3, 0.4) is 0 Å². The van der Waals surface area contributed by atoms with Gasteiger partial charge in [0.2, 0.25) is 5.91 Å². The lowest BCUT2D eigenvalue weighted by atomic mass is 10.1. The van der Waals surface area contributed by atoms with Crippen molar-refractivity contribution in [3.63, 3.8) is 0 Å². The third-order valence-corrected chi connectivity index (χ3v) is 3.21. The van der Waals surface area contributed by atoms with Gasteiger partial charge in [0.15, 0.2) is 0 Å². The summed E-state index contributed by atoms with van der Waals surface area (Å²) in [5, 5.41) is 8.74. The first-order chi connectivity index (χ1) is 8.81. The van der Waals surface area contributed by atoms with Gasteiger partial charge in [-0.15, -0.1) is 0 Å². The van der Waals surface area contributed by atoms with E-state index in [9.17, 15) is 14.4 Å². The van der Waals surface area contributed by atoms with Crippen LogP contribution in [-0.4, -0.2) is 58.5 Å². The minimum absolute atomic E-state index is 0.0101. The largest absolute Gasteiger partial charge is 0.481 e. The lowest BCUT2D eigenvalue weighted by Gasteiger charge is -2.30. The monoisotopic (exact) mass is 271 g/mol. The Bertz CT molecular complexity index is 370. The van der Waals surface area contributed by atoms with Gasteiger partial charge in [-0.25, -0.2) is 4.79 Å². The number of carboxylic acid groups (broad SMARTS) is 1. The first kappa shape index (κ1) is 15.3. The van der Waals surface area contributed by atoms with Crippen molar-refractivity contribution < 1.29 is 19.5 Å². The van der Waals surface area contributed by atoms with Gasteiger partial charge in [-0.3, -0.25) is 9.59 Å². The van der Waals surface area contributed by atoms with Crippen LogP contribution in [0.15, 0.2) is 0 Å². The SMILES string of the molecule is CC(C)N(CC(N)=O)C(=O)N1CCC(CC(=O)O)C1. The maximum absolute atomic E-state index is 12.3. The quantitative estimate of drug-likeness (QED) is 0.739. The second kappa shape index (κ2) is 6.40. The van der Waals surface area contributed by atoms with E-state index in [0.29, 0.717) is 19.5 Å². The van der Waals surface area contributed by atoms with Gasteiger partial charge < -0.3 is 20.6 Å². The molecule has 0 aromatic carbocycles. The maximum Gasteiger partial charge on any atom is 0.320 e. The van der Waals surface area contributed by atoms with Crippen LogP contribution in [-0.2, 0) is 9.59 Å². The Hall–Kier alpha value is -1.79. The zero-order chi connectivity index (χ0) is 14.6. The van der Waals surface area contributed by atoms with Crippen molar-refractivity contribution in [2.45, 2.75) is 32.7 Å². The summed E-state index contributed by atoms with van der Waals surface area (Å²) in [6, 6.07) is -0.375. The molecule has 108 valence electrons. The Balaban J connectivity index is 2.61. The number of amides is 3. The van der Waals surface area contributed by atoms with Crippen molar-refractivity contribution in [1.29, 1.82) is 0 Å². The molecule has 3 amide bonds. The number of carbonyl (C=O) groups is 3. The molecule has 3 N–H and O–H groups in total. The zero-order valence-corrected chi connectivity index (χ0v) is 11.3. The summed E-state index contributed by atoms with van der Waals surface area (Å²) in [4.78, 5) is 36.9. The number of nitrogens with zero attached hydrogens (tertiary/aromatic N) is 2. The molecule has 7 heteroatoms. The number of likely N-dealkylation sites (tertiary alicyclic amines) is 1. The Morgan fingerprint density at radius 2 is 2.05 bits per heavy atom. The van der Waals surface area contributed by atoms with Gasteiger partial charge in [0, 0.05) is 25.6 Å². The lowest BCUT2D eigenvalue weighted by molar-refractivity contribution is -0.138. The highest BCUT2D eigenvalue weighted by Gasteiger charge is 2.31. The average Bonchev–Trinajstić information content (AvgIpc) is 2.71. The van der Waals surface area contributed by atoms with Crippen LogP contribution < -0.4 is 5.73 Å². The predicted molar refractivity (Wildman–Crippen MR) is 68.4 cm³/mol. The highest BCUT2D eigenvalue weighted by atomic mass is 16.4. The van der Waals surface area contributed by atoms with Crippen molar-refractivity contribution in [3.05, 3.63) is 0 Å². The number of carbonyl (C=O) groups excluding carboxylic acids is 2. The maximum atomic E-state index is 12.3. The number of nitrogens with two attached hydrogens (primary N) is 1. The highest BCUT2D eigenvalue weighted by Crippen LogP contribution is 2.21. The molecule has 0 aromatic rings. The fraction of sp³-hybridized carbons (Fsp3) is 0.750. The molecule has 1 unspecified atom stereocenters. The van der Waals surface area contributed by atoms with Crippen LogP contribution in [0.5, 0.6) is 0 Å². The van der Waals surface area contributed by atoms with E-state index in [4.69, 9.17) is 10.8 Å². The topological polar surface area (TPSA) is 104 Å². The summed E-state index contributed by atoms with van der Waals surface area (Å²) in [6.07, 6.45) is 0.752. The third-order valence-electron chi connectivity index (χ3n) is 3.21. The molecule has 0 saturated carbocycles. The summed E-state index contributed by atoms with van der Waals surface area (Å²) in [5.74, 6) is -1.41. The average molecular weight is 271 g/mol. The molecule has 1 atom stereocenters. The number of primary amides is 1. The molecule has 0 bridgehead atoms. The van der Waals surface area contributed by atoms with Gasteiger partial charge in [-0.05, 0) is 26.2 Å². The summed E-state index contributed by atoms with van der Waals surface area (Å²) in [7, 11) is 0. The number of carboxylic acids is 1. The molecular weight excluding hydrogens is 250 g/mol. The van der Waals surface area contributed by atoms with Gasteiger partial charge >= 0.3 is 12.0 Å². The smallest absolute Gasteiger partial charge is 0.320 e. The first-order valence-electron chi connectivity index (χ1n) is 6.37. The second-order valence-electron chi connectivity index (χ2n) is 5.17. The molecule has 1 fully saturated rings. The third kappa shape index (κ3) is 4.42. The molecule has 0 spiro atoms. The van der Waals surface area contributed by atoms with Gasteiger partial charge in [-0.1, -0.05) is 0 Å². The van der Waals surface area contributed by atoms with E-state index in [1.165, 1.54) is 4.90 Å². The summed E-state index contributed by atoms with van der Waals surface area (Å²) >= 11 is 0. The van der Waals surface area contributed by atoms with Crippen LogP contribution in [0.25, 0.3) is 0 Å². The van der Waals surface area contributed by atoms with Crippen molar-refractivity contribution >= 4 is 17.9 Å². The molecular formula is C12H21N3O4. The predicted octanol–water partition coefficient (Wildman–Crippen LogP) is 0.0987.